The van der Waals surface area contributed by atoms with Gasteiger partial charge in [0.1, 0.15) is 0 Å². The zero-order chi connectivity index (χ0) is 14.5. The third-order valence-electron chi connectivity index (χ3n) is 3.12. The molecule has 0 aliphatic rings. The van der Waals surface area contributed by atoms with Crippen molar-refractivity contribution >= 4 is 0 Å². The van der Waals surface area contributed by atoms with Crippen LogP contribution in [0.3, 0.4) is 0 Å². The van der Waals surface area contributed by atoms with Crippen LogP contribution in [0.2, 0.25) is 0 Å². The topological polar surface area (TPSA) is 44.5 Å². The van der Waals surface area contributed by atoms with Crippen LogP contribution in [-0.2, 0) is 13.0 Å². The van der Waals surface area contributed by atoms with Crippen LogP contribution in [0.15, 0.2) is 36.4 Å². The number of rotatable bonds is 5. The Balaban J connectivity index is 2.39. The van der Waals surface area contributed by atoms with Gasteiger partial charge in [-0.25, -0.2) is 4.39 Å². The number of methoxy groups -OCH3 is 1. The summed E-state index contributed by atoms with van der Waals surface area (Å²) in [5.74, 6) is 0.771. The molecule has 0 heterocycles. The van der Waals surface area contributed by atoms with Gasteiger partial charge in [-0.05, 0) is 30.2 Å². The fourth-order valence-electron chi connectivity index (χ4n) is 1.95. The van der Waals surface area contributed by atoms with Crippen molar-refractivity contribution in [3.05, 3.63) is 53.3 Å². The van der Waals surface area contributed by atoms with Gasteiger partial charge in [0.25, 0.3) is 0 Å². The molecule has 0 unspecified atom stereocenters. The zero-order valence-corrected chi connectivity index (χ0v) is 11.7. The summed E-state index contributed by atoms with van der Waals surface area (Å²) in [4.78, 5) is 0. The maximum atomic E-state index is 13.9. The smallest absolute Gasteiger partial charge is 0.169 e. The predicted molar refractivity (Wildman–Crippen MR) is 76.7 cm³/mol. The van der Waals surface area contributed by atoms with Crippen LogP contribution < -0.4 is 15.2 Å². The minimum atomic E-state index is -0.436. The second-order valence-electron chi connectivity index (χ2n) is 4.37. The van der Waals surface area contributed by atoms with Crippen molar-refractivity contribution in [1.82, 2.24) is 0 Å². The summed E-state index contributed by atoms with van der Waals surface area (Å²) < 4.78 is 24.8. The van der Waals surface area contributed by atoms with Crippen LogP contribution in [0.5, 0.6) is 17.2 Å². The highest BCUT2D eigenvalue weighted by Crippen LogP contribution is 2.35. The van der Waals surface area contributed by atoms with Crippen LogP contribution in [0, 0.1) is 5.82 Å². The summed E-state index contributed by atoms with van der Waals surface area (Å²) in [6.07, 6.45) is 0.893. The van der Waals surface area contributed by atoms with Gasteiger partial charge in [0.2, 0.25) is 0 Å². The Hall–Kier alpha value is -2.07. The summed E-state index contributed by atoms with van der Waals surface area (Å²) in [5, 5.41) is 0. The monoisotopic (exact) mass is 275 g/mol. The van der Waals surface area contributed by atoms with Crippen LogP contribution in [-0.4, -0.2) is 7.11 Å². The fraction of sp³-hybridized carbons (Fsp3) is 0.250. The number of benzene rings is 2. The summed E-state index contributed by atoms with van der Waals surface area (Å²) in [5.41, 5.74) is 7.36. The third kappa shape index (κ3) is 2.91. The zero-order valence-electron chi connectivity index (χ0n) is 11.7. The molecule has 106 valence electrons. The minimum absolute atomic E-state index is 0.151. The van der Waals surface area contributed by atoms with Crippen molar-refractivity contribution in [2.75, 3.05) is 7.11 Å². The van der Waals surface area contributed by atoms with Crippen molar-refractivity contribution < 1.29 is 13.9 Å². The summed E-state index contributed by atoms with van der Waals surface area (Å²) >= 11 is 0. The van der Waals surface area contributed by atoms with Crippen molar-refractivity contribution in [3.8, 4) is 17.2 Å². The van der Waals surface area contributed by atoms with Gasteiger partial charge in [0.05, 0.1) is 7.11 Å². The van der Waals surface area contributed by atoms with E-state index >= 15 is 0 Å². The minimum Gasteiger partial charge on any atom is -0.493 e. The molecular formula is C16H18FNO2. The van der Waals surface area contributed by atoms with E-state index in [1.165, 1.54) is 6.07 Å². The lowest BCUT2D eigenvalue weighted by Gasteiger charge is -2.14. The number of hydrogen-bond acceptors (Lipinski definition) is 3. The molecular weight excluding hydrogens is 257 g/mol. The third-order valence-corrected chi connectivity index (χ3v) is 3.12. The molecule has 0 aliphatic carbocycles. The van der Waals surface area contributed by atoms with E-state index in [9.17, 15) is 4.39 Å². The highest BCUT2D eigenvalue weighted by Gasteiger charge is 2.13. The normalized spacial score (nSPS) is 10.4. The van der Waals surface area contributed by atoms with Crippen molar-refractivity contribution in [2.24, 2.45) is 5.73 Å². The molecule has 0 radical (unpaired) electrons. The molecule has 0 spiro atoms. The first kappa shape index (κ1) is 14.3. The second kappa shape index (κ2) is 6.39. The first-order valence-corrected chi connectivity index (χ1v) is 6.51. The molecule has 0 amide bonds. The lowest BCUT2D eigenvalue weighted by molar-refractivity contribution is 0.368. The molecule has 20 heavy (non-hydrogen) atoms. The van der Waals surface area contributed by atoms with Crippen molar-refractivity contribution in [2.45, 2.75) is 19.9 Å². The average molecular weight is 275 g/mol. The Morgan fingerprint density at radius 2 is 1.95 bits per heavy atom. The van der Waals surface area contributed by atoms with Gasteiger partial charge in [0, 0.05) is 12.1 Å². The predicted octanol–water partition coefficient (Wildman–Crippen LogP) is 3.65. The largest absolute Gasteiger partial charge is 0.493 e. The van der Waals surface area contributed by atoms with Gasteiger partial charge in [-0.3, -0.25) is 0 Å². The molecule has 3 nitrogen and oxygen atoms in total. The first-order chi connectivity index (χ1) is 9.69. The molecule has 0 aliphatic heterocycles. The maximum absolute atomic E-state index is 13.9. The van der Waals surface area contributed by atoms with Crippen LogP contribution in [0.25, 0.3) is 0 Å². The SMILES string of the molecule is CCc1ccc(Oc2c(F)cccc2CN)c(OC)c1. The highest BCUT2D eigenvalue weighted by molar-refractivity contribution is 5.47. The summed E-state index contributed by atoms with van der Waals surface area (Å²) in [6.45, 7) is 2.27. The van der Waals surface area contributed by atoms with E-state index in [1.54, 1.807) is 25.3 Å². The quantitative estimate of drug-likeness (QED) is 0.906. The van der Waals surface area contributed by atoms with E-state index in [-0.39, 0.29) is 12.3 Å². The van der Waals surface area contributed by atoms with Crippen molar-refractivity contribution in [3.63, 3.8) is 0 Å². The Morgan fingerprint density at radius 3 is 2.60 bits per heavy atom. The van der Waals surface area contributed by atoms with Gasteiger partial charge < -0.3 is 15.2 Å². The van der Waals surface area contributed by atoms with E-state index in [0.29, 0.717) is 17.1 Å². The summed E-state index contributed by atoms with van der Waals surface area (Å²) in [7, 11) is 1.56. The molecule has 2 N–H and O–H groups in total. The number of aryl methyl sites for hydroxylation is 1. The molecule has 4 heteroatoms. The Bertz CT molecular complexity index is 599. The van der Waals surface area contributed by atoms with Crippen molar-refractivity contribution in [1.29, 1.82) is 0 Å². The molecule has 0 saturated heterocycles. The Kier molecular flexibility index (Phi) is 4.58. The second-order valence-corrected chi connectivity index (χ2v) is 4.37. The fourth-order valence-corrected chi connectivity index (χ4v) is 1.95. The maximum Gasteiger partial charge on any atom is 0.169 e. The van der Waals surface area contributed by atoms with Gasteiger partial charge >= 0.3 is 0 Å². The molecule has 2 aromatic rings. The molecule has 2 aromatic carbocycles. The highest BCUT2D eigenvalue weighted by atomic mass is 19.1. The lowest BCUT2D eigenvalue weighted by atomic mass is 10.1. The van der Waals surface area contributed by atoms with E-state index in [4.69, 9.17) is 15.2 Å². The van der Waals surface area contributed by atoms with Crippen LogP contribution >= 0.6 is 0 Å². The molecule has 0 aromatic heterocycles. The number of para-hydroxylation sites is 1. The van der Waals surface area contributed by atoms with Gasteiger partial charge in [-0.2, -0.15) is 0 Å². The first-order valence-electron chi connectivity index (χ1n) is 6.51. The van der Waals surface area contributed by atoms with Crippen LogP contribution in [0.4, 0.5) is 4.39 Å². The lowest BCUT2D eigenvalue weighted by Crippen LogP contribution is -2.02. The Morgan fingerprint density at radius 1 is 1.15 bits per heavy atom. The standard InChI is InChI=1S/C16H18FNO2/c1-3-11-7-8-14(15(9-11)19-2)20-16-12(10-18)5-4-6-13(16)17/h4-9H,3,10,18H2,1-2H3. The van der Waals surface area contributed by atoms with E-state index < -0.39 is 5.82 Å². The Labute approximate surface area is 118 Å². The number of halogens is 1. The van der Waals surface area contributed by atoms with Gasteiger partial charge in [-0.15, -0.1) is 0 Å². The average Bonchev–Trinajstić information content (AvgIpc) is 2.49. The number of hydrogen-bond donors (Lipinski definition) is 1. The number of nitrogens with two attached hydrogens (primary N) is 1. The molecule has 2 rings (SSSR count). The van der Waals surface area contributed by atoms with Crippen LogP contribution in [0.1, 0.15) is 18.1 Å². The van der Waals surface area contributed by atoms with E-state index in [2.05, 4.69) is 6.92 Å². The van der Waals surface area contributed by atoms with Gasteiger partial charge in [0.15, 0.2) is 23.1 Å². The van der Waals surface area contributed by atoms with E-state index in [1.807, 2.05) is 12.1 Å². The molecule has 0 atom stereocenters. The molecule has 0 bridgehead atoms. The number of ether oxygens (including phenoxy) is 2. The molecule has 0 fully saturated rings. The van der Waals surface area contributed by atoms with Gasteiger partial charge in [-0.1, -0.05) is 25.1 Å². The molecule has 0 saturated carbocycles. The van der Waals surface area contributed by atoms with E-state index in [0.717, 1.165) is 12.0 Å². The summed E-state index contributed by atoms with van der Waals surface area (Å²) in [6, 6.07) is 10.3.